The van der Waals surface area contributed by atoms with Gasteiger partial charge in [-0.25, -0.2) is 19.2 Å². The number of aryl methyl sites for hydroxylation is 1. The third-order valence-corrected chi connectivity index (χ3v) is 5.94. The van der Waals surface area contributed by atoms with E-state index in [0.717, 1.165) is 28.3 Å². The summed E-state index contributed by atoms with van der Waals surface area (Å²) in [5, 5.41) is 9.42. The first-order chi connectivity index (χ1) is 16.8. The summed E-state index contributed by atoms with van der Waals surface area (Å²) < 4.78 is 15.8. The molecule has 0 bridgehead atoms. The maximum atomic E-state index is 6.39. The minimum absolute atomic E-state index is 0.316. The number of furan rings is 1. The van der Waals surface area contributed by atoms with Gasteiger partial charge in [0.05, 0.1) is 34.7 Å². The zero-order valence-electron chi connectivity index (χ0n) is 18.0. The number of hydrogen-bond acceptors (Lipinski definition) is 7. The Hall–Kier alpha value is -4.79. The predicted molar refractivity (Wildman–Crippen MR) is 122 cm³/mol. The molecule has 7 rings (SSSR count). The lowest BCUT2D eigenvalue weighted by molar-refractivity contribution is 0.392. The predicted octanol–water partition coefficient (Wildman–Crippen LogP) is 4.56. The second-order valence-corrected chi connectivity index (χ2v) is 7.98. The monoisotopic (exact) mass is 447 g/mol. The Balaban J connectivity index is 1.49. The van der Waals surface area contributed by atoms with E-state index in [1.54, 1.807) is 28.0 Å². The summed E-state index contributed by atoms with van der Waals surface area (Å²) >= 11 is 0. The fraction of sp³-hybridized carbons (Fsp3) is 0.0800. The quantitative estimate of drug-likeness (QED) is 0.392. The number of ether oxygens (including phenoxy) is 1. The molecular formula is C25H17N7O2. The van der Waals surface area contributed by atoms with E-state index in [-0.39, 0.29) is 5.92 Å². The molecule has 0 saturated carbocycles. The summed E-state index contributed by atoms with van der Waals surface area (Å²) in [6, 6.07) is 19.3. The third kappa shape index (κ3) is 2.70. The fourth-order valence-electron chi connectivity index (χ4n) is 4.47. The minimum Gasteiger partial charge on any atom is -0.468 e. The van der Waals surface area contributed by atoms with Crippen LogP contribution in [0.15, 0.2) is 83.9 Å². The van der Waals surface area contributed by atoms with Crippen LogP contribution in [0, 0.1) is 6.92 Å². The van der Waals surface area contributed by atoms with Gasteiger partial charge < -0.3 is 9.15 Å². The Bertz CT molecular complexity index is 1640. The molecule has 1 atom stereocenters. The molecule has 0 spiro atoms. The van der Waals surface area contributed by atoms with Gasteiger partial charge in [-0.05, 0) is 43.3 Å². The van der Waals surface area contributed by atoms with Gasteiger partial charge >= 0.3 is 0 Å². The Morgan fingerprint density at radius 2 is 1.76 bits per heavy atom. The smallest absolute Gasteiger partial charge is 0.230 e. The van der Waals surface area contributed by atoms with Crippen molar-refractivity contribution in [3.8, 4) is 29.0 Å². The van der Waals surface area contributed by atoms with Gasteiger partial charge in [-0.15, -0.1) is 5.10 Å². The van der Waals surface area contributed by atoms with E-state index in [9.17, 15) is 0 Å². The molecule has 0 fully saturated rings. The number of pyridine rings is 1. The van der Waals surface area contributed by atoms with Crippen LogP contribution in [-0.4, -0.2) is 34.3 Å². The van der Waals surface area contributed by atoms with E-state index in [1.807, 2.05) is 67.6 Å². The van der Waals surface area contributed by atoms with Crippen molar-refractivity contribution in [2.45, 2.75) is 12.8 Å². The fourth-order valence-corrected chi connectivity index (χ4v) is 4.47. The van der Waals surface area contributed by atoms with Crippen LogP contribution in [0.25, 0.3) is 22.9 Å². The number of para-hydroxylation sites is 1. The molecule has 0 saturated heterocycles. The number of aromatic nitrogens is 7. The van der Waals surface area contributed by atoms with Crippen LogP contribution in [0.5, 0.6) is 11.8 Å². The second-order valence-electron chi connectivity index (χ2n) is 7.98. The SMILES string of the molecule is Cc1nn(-c2ccccc2)c2c1C(c1ccco1)c1c(ncn3nc(-c4ccccn4)nc13)O2. The van der Waals surface area contributed by atoms with E-state index < -0.39 is 0 Å². The van der Waals surface area contributed by atoms with Crippen LogP contribution < -0.4 is 4.74 Å². The van der Waals surface area contributed by atoms with Crippen molar-refractivity contribution < 1.29 is 9.15 Å². The van der Waals surface area contributed by atoms with Gasteiger partial charge in [-0.3, -0.25) is 4.98 Å². The summed E-state index contributed by atoms with van der Waals surface area (Å²) in [6.45, 7) is 1.97. The van der Waals surface area contributed by atoms with Crippen molar-refractivity contribution in [2.75, 3.05) is 0 Å². The Kier molecular flexibility index (Phi) is 3.92. The summed E-state index contributed by atoms with van der Waals surface area (Å²) in [7, 11) is 0. The first-order valence-electron chi connectivity index (χ1n) is 10.8. The first-order valence-corrected chi connectivity index (χ1v) is 10.8. The van der Waals surface area contributed by atoms with Gasteiger partial charge in [0.25, 0.3) is 0 Å². The number of rotatable bonds is 3. The molecular weight excluding hydrogens is 430 g/mol. The van der Waals surface area contributed by atoms with Crippen LogP contribution in [0.2, 0.25) is 0 Å². The molecule has 5 aromatic heterocycles. The first kappa shape index (κ1) is 18.8. The molecule has 1 unspecified atom stereocenters. The number of nitrogens with zero attached hydrogens (tertiary/aromatic N) is 7. The highest BCUT2D eigenvalue weighted by atomic mass is 16.5. The average Bonchev–Trinajstić information content (AvgIpc) is 3.63. The molecule has 9 heteroatoms. The molecule has 9 nitrogen and oxygen atoms in total. The molecule has 1 aromatic carbocycles. The molecule has 1 aliphatic rings. The zero-order chi connectivity index (χ0) is 22.6. The van der Waals surface area contributed by atoms with Crippen molar-refractivity contribution in [1.29, 1.82) is 0 Å². The Labute approximate surface area is 193 Å². The lowest BCUT2D eigenvalue weighted by Gasteiger charge is -2.24. The average molecular weight is 447 g/mol. The highest BCUT2D eigenvalue weighted by Crippen LogP contribution is 2.49. The number of hydrogen-bond donors (Lipinski definition) is 0. The summed E-state index contributed by atoms with van der Waals surface area (Å²) in [6.07, 6.45) is 4.99. The second kappa shape index (κ2) is 7.11. The van der Waals surface area contributed by atoms with Crippen LogP contribution in [0.3, 0.4) is 0 Å². The molecule has 0 amide bonds. The molecule has 0 N–H and O–H groups in total. The van der Waals surface area contributed by atoms with Gasteiger partial charge in [0.1, 0.15) is 17.8 Å². The lowest BCUT2D eigenvalue weighted by atomic mass is 9.88. The van der Waals surface area contributed by atoms with Crippen LogP contribution in [-0.2, 0) is 0 Å². The molecule has 6 aromatic rings. The summed E-state index contributed by atoms with van der Waals surface area (Å²) in [5.41, 5.74) is 4.72. The molecule has 164 valence electrons. The number of fused-ring (bicyclic) bond motifs is 4. The number of benzene rings is 1. The van der Waals surface area contributed by atoms with Crippen molar-refractivity contribution in [3.05, 3.63) is 102 Å². The molecule has 0 aliphatic carbocycles. The summed E-state index contributed by atoms with van der Waals surface area (Å²) in [4.78, 5) is 13.8. The third-order valence-electron chi connectivity index (χ3n) is 5.94. The van der Waals surface area contributed by atoms with Gasteiger partial charge in [0.2, 0.25) is 17.6 Å². The van der Waals surface area contributed by atoms with Gasteiger partial charge in [-0.1, -0.05) is 24.3 Å². The van der Waals surface area contributed by atoms with Crippen molar-refractivity contribution >= 4 is 5.65 Å². The maximum Gasteiger partial charge on any atom is 0.230 e. The molecule has 6 heterocycles. The van der Waals surface area contributed by atoms with E-state index in [0.29, 0.717) is 28.9 Å². The van der Waals surface area contributed by atoms with E-state index >= 15 is 0 Å². The normalized spacial score (nSPS) is 14.6. The van der Waals surface area contributed by atoms with Gasteiger partial charge in [0, 0.05) is 6.20 Å². The topological polar surface area (TPSA) is 96.2 Å². The van der Waals surface area contributed by atoms with Crippen molar-refractivity contribution in [2.24, 2.45) is 0 Å². The van der Waals surface area contributed by atoms with Crippen molar-refractivity contribution in [3.63, 3.8) is 0 Å². The molecule has 0 radical (unpaired) electrons. The largest absolute Gasteiger partial charge is 0.468 e. The Morgan fingerprint density at radius 3 is 2.56 bits per heavy atom. The lowest BCUT2D eigenvalue weighted by Crippen LogP contribution is -2.15. The highest BCUT2D eigenvalue weighted by molar-refractivity contribution is 5.67. The summed E-state index contributed by atoms with van der Waals surface area (Å²) in [5.74, 6) is 2.00. The highest BCUT2D eigenvalue weighted by Gasteiger charge is 2.39. The molecule has 1 aliphatic heterocycles. The minimum atomic E-state index is -0.316. The van der Waals surface area contributed by atoms with Gasteiger partial charge in [0.15, 0.2) is 5.65 Å². The maximum absolute atomic E-state index is 6.39. The van der Waals surface area contributed by atoms with E-state index in [4.69, 9.17) is 19.2 Å². The van der Waals surface area contributed by atoms with Crippen LogP contribution >= 0.6 is 0 Å². The van der Waals surface area contributed by atoms with Gasteiger partial charge in [-0.2, -0.15) is 5.10 Å². The molecule has 34 heavy (non-hydrogen) atoms. The van der Waals surface area contributed by atoms with E-state index in [1.165, 1.54) is 0 Å². The zero-order valence-corrected chi connectivity index (χ0v) is 18.0. The van der Waals surface area contributed by atoms with E-state index in [2.05, 4.69) is 15.1 Å². The van der Waals surface area contributed by atoms with Crippen molar-refractivity contribution in [1.82, 2.24) is 34.3 Å². The Morgan fingerprint density at radius 1 is 0.882 bits per heavy atom. The van der Waals surface area contributed by atoms with Crippen LogP contribution in [0.4, 0.5) is 0 Å². The van der Waals surface area contributed by atoms with Crippen LogP contribution in [0.1, 0.15) is 28.5 Å². The standard InChI is InChI=1S/C25H17N7O2/c1-15-19-20(18-11-7-13-33-18)21-23-28-22(17-10-5-6-12-26-17)30-31(23)14-27-24(21)34-25(19)32(29-15)16-8-3-2-4-9-16/h2-14,20H,1H3.